The predicted molar refractivity (Wildman–Crippen MR) is 66.9 cm³/mol. The third-order valence-corrected chi connectivity index (χ3v) is 2.75. The molecule has 0 radical (unpaired) electrons. The summed E-state index contributed by atoms with van der Waals surface area (Å²) in [5.74, 6) is 1.15. The molecule has 0 aliphatic carbocycles. The highest BCUT2D eigenvalue weighted by molar-refractivity contribution is 6.32. The molecule has 0 fully saturated rings. The molecule has 0 saturated heterocycles. The molecule has 0 amide bonds. The van der Waals surface area contributed by atoms with Crippen molar-refractivity contribution in [2.45, 2.75) is 13.8 Å². The first-order valence-corrected chi connectivity index (χ1v) is 5.53. The van der Waals surface area contributed by atoms with E-state index in [1.165, 1.54) is 6.20 Å². The van der Waals surface area contributed by atoms with Crippen LogP contribution in [0.25, 0.3) is 0 Å². The highest BCUT2D eigenvalue weighted by atomic mass is 35.5. The van der Waals surface area contributed by atoms with Gasteiger partial charge in [-0.3, -0.25) is 4.98 Å². The van der Waals surface area contributed by atoms with E-state index >= 15 is 0 Å². The van der Waals surface area contributed by atoms with E-state index in [2.05, 4.69) is 4.98 Å². The van der Waals surface area contributed by atoms with Crippen LogP contribution in [0.15, 0.2) is 30.6 Å². The minimum atomic E-state index is 0.103. The highest BCUT2D eigenvalue weighted by Gasteiger charge is 2.08. The summed E-state index contributed by atoms with van der Waals surface area (Å²) in [4.78, 5) is 3.87. The van der Waals surface area contributed by atoms with Gasteiger partial charge in [0.15, 0.2) is 5.75 Å². The molecule has 0 saturated carbocycles. The number of halogens is 1. The lowest BCUT2D eigenvalue weighted by Gasteiger charge is -2.10. The number of benzene rings is 1. The average molecular weight is 250 g/mol. The summed E-state index contributed by atoms with van der Waals surface area (Å²) >= 11 is 6.06. The van der Waals surface area contributed by atoms with Gasteiger partial charge in [0.05, 0.1) is 17.4 Å². The molecule has 2 aromatic rings. The van der Waals surface area contributed by atoms with Crippen molar-refractivity contribution in [2.24, 2.45) is 0 Å². The van der Waals surface area contributed by atoms with E-state index in [-0.39, 0.29) is 5.75 Å². The smallest absolute Gasteiger partial charge is 0.152 e. The Labute approximate surface area is 105 Å². The first-order chi connectivity index (χ1) is 8.08. The summed E-state index contributed by atoms with van der Waals surface area (Å²) in [6.45, 7) is 3.71. The maximum Gasteiger partial charge on any atom is 0.152 e. The summed E-state index contributed by atoms with van der Waals surface area (Å²) < 4.78 is 5.62. The van der Waals surface area contributed by atoms with Crippen molar-refractivity contribution >= 4 is 11.6 Å². The van der Waals surface area contributed by atoms with Crippen molar-refractivity contribution in [1.82, 2.24) is 4.98 Å². The van der Waals surface area contributed by atoms with Crippen molar-refractivity contribution in [3.8, 4) is 17.2 Å². The number of hydrogen-bond donors (Lipinski definition) is 1. The van der Waals surface area contributed by atoms with E-state index in [1.54, 1.807) is 19.2 Å². The zero-order valence-corrected chi connectivity index (χ0v) is 10.3. The van der Waals surface area contributed by atoms with E-state index in [0.717, 1.165) is 5.56 Å². The lowest BCUT2D eigenvalue weighted by Crippen LogP contribution is -1.90. The molecule has 0 unspecified atom stereocenters. The molecule has 0 spiro atoms. The van der Waals surface area contributed by atoms with Crippen LogP contribution in [-0.4, -0.2) is 10.1 Å². The Bertz CT molecular complexity index is 555. The average Bonchev–Trinajstić information content (AvgIpc) is 2.28. The number of pyridine rings is 1. The molecule has 1 aromatic heterocycles. The monoisotopic (exact) mass is 249 g/mol. The van der Waals surface area contributed by atoms with Crippen LogP contribution in [0.5, 0.6) is 17.2 Å². The Morgan fingerprint density at radius 3 is 2.65 bits per heavy atom. The van der Waals surface area contributed by atoms with E-state index in [1.807, 2.05) is 19.1 Å². The second-order valence-corrected chi connectivity index (χ2v) is 4.22. The molecule has 1 aromatic carbocycles. The molecule has 88 valence electrons. The Hall–Kier alpha value is -1.74. The minimum Gasteiger partial charge on any atom is -0.506 e. The first-order valence-electron chi connectivity index (χ1n) is 5.15. The van der Waals surface area contributed by atoms with Gasteiger partial charge in [0.2, 0.25) is 0 Å². The standard InChI is InChI=1S/C13H12ClNO2/c1-8-3-4-12(10(14)5-8)17-13-7-15-6-11(16)9(13)2/h3-7,16H,1-2H3. The number of aromatic hydroxyl groups is 1. The Kier molecular flexibility index (Phi) is 3.20. The van der Waals surface area contributed by atoms with Crippen LogP contribution in [0.2, 0.25) is 5.02 Å². The Morgan fingerprint density at radius 1 is 1.18 bits per heavy atom. The van der Waals surface area contributed by atoms with Crippen molar-refractivity contribution in [3.05, 3.63) is 46.7 Å². The summed E-state index contributed by atoms with van der Waals surface area (Å²) in [7, 11) is 0. The fraction of sp³-hybridized carbons (Fsp3) is 0.154. The first kappa shape index (κ1) is 11.7. The molecule has 17 heavy (non-hydrogen) atoms. The number of aryl methyl sites for hydroxylation is 1. The molecular formula is C13H12ClNO2. The molecule has 4 heteroatoms. The third-order valence-electron chi connectivity index (χ3n) is 2.45. The molecule has 0 bridgehead atoms. The molecule has 0 aliphatic rings. The van der Waals surface area contributed by atoms with Crippen LogP contribution in [0.4, 0.5) is 0 Å². The van der Waals surface area contributed by atoms with Gasteiger partial charge in [0.25, 0.3) is 0 Å². The molecule has 3 nitrogen and oxygen atoms in total. The van der Waals surface area contributed by atoms with Gasteiger partial charge in [0.1, 0.15) is 11.5 Å². The lowest BCUT2D eigenvalue weighted by atomic mass is 10.2. The maximum atomic E-state index is 9.52. The Morgan fingerprint density at radius 2 is 1.94 bits per heavy atom. The van der Waals surface area contributed by atoms with Crippen molar-refractivity contribution in [3.63, 3.8) is 0 Å². The molecule has 1 heterocycles. The molecule has 0 atom stereocenters. The van der Waals surface area contributed by atoms with Gasteiger partial charge in [0, 0.05) is 5.56 Å². The number of ether oxygens (including phenoxy) is 1. The third kappa shape index (κ3) is 2.50. The maximum absolute atomic E-state index is 9.52. The van der Waals surface area contributed by atoms with E-state index in [0.29, 0.717) is 22.1 Å². The van der Waals surface area contributed by atoms with Gasteiger partial charge in [-0.25, -0.2) is 0 Å². The summed E-state index contributed by atoms with van der Waals surface area (Å²) in [5.41, 5.74) is 1.70. The second-order valence-electron chi connectivity index (χ2n) is 3.82. The van der Waals surface area contributed by atoms with Crippen LogP contribution in [0.1, 0.15) is 11.1 Å². The van der Waals surface area contributed by atoms with Crippen molar-refractivity contribution < 1.29 is 9.84 Å². The second kappa shape index (κ2) is 4.63. The number of aromatic nitrogens is 1. The normalized spacial score (nSPS) is 10.3. The van der Waals surface area contributed by atoms with Gasteiger partial charge < -0.3 is 9.84 Å². The summed E-state index contributed by atoms with van der Waals surface area (Å²) in [6, 6.07) is 5.52. The molecular weight excluding hydrogens is 238 g/mol. The van der Waals surface area contributed by atoms with E-state index in [4.69, 9.17) is 16.3 Å². The van der Waals surface area contributed by atoms with Crippen LogP contribution in [-0.2, 0) is 0 Å². The summed E-state index contributed by atoms with van der Waals surface area (Å²) in [6.07, 6.45) is 2.92. The number of hydrogen-bond acceptors (Lipinski definition) is 3. The zero-order valence-electron chi connectivity index (χ0n) is 9.57. The van der Waals surface area contributed by atoms with Gasteiger partial charge in [-0.15, -0.1) is 0 Å². The quantitative estimate of drug-likeness (QED) is 0.879. The molecule has 2 rings (SSSR count). The summed E-state index contributed by atoms with van der Waals surface area (Å²) in [5, 5.41) is 10.1. The largest absolute Gasteiger partial charge is 0.506 e. The van der Waals surface area contributed by atoms with Gasteiger partial charge >= 0.3 is 0 Å². The van der Waals surface area contributed by atoms with E-state index < -0.39 is 0 Å². The predicted octanol–water partition coefficient (Wildman–Crippen LogP) is 3.85. The highest BCUT2D eigenvalue weighted by Crippen LogP contribution is 2.33. The number of nitrogens with zero attached hydrogens (tertiary/aromatic N) is 1. The minimum absolute atomic E-state index is 0.103. The van der Waals surface area contributed by atoms with Crippen LogP contribution in [0.3, 0.4) is 0 Å². The van der Waals surface area contributed by atoms with Crippen LogP contribution < -0.4 is 4.74 Å². The fourth-order valence-corrected chi connectivity index (χ4v) is 1.68. The van der Waals surface area contributed by atoms with E-state index in [9.17, 15) is 5.11 Å². The molecule has 1 N–H and O–H groups in total. The Balaban J connectivity index is 2.35. The molecule has 0 aliphatic heterocycles. The van der Waals surface area contributed by atoms with Crippen LogP contribution >= 0.6 is 11.6 Å². The van der Waals surface area contributed by atoms with Gasteiger partial charge in [-0.2, -0.15) is 0 Å². The SMILES string of the molecule is Cc1ccc(Oc2cncc(O)c2C)c(Cl)c1. The fourth-order valence-electron chi connectivity index (χ4n) is 1.41. The van der Waals surface area contributed by atoms with Crippen molar-refractivity contribution in [1.29, 1.82) is 0 Å². The zero-order chi connectivity index (χ0) is 12.4. The van der Waals surface area contributed by atoms with Gasteiger partial charge in [-0.1, -0.05) is 17.7 Å². The topological polar surface area (TPSA) is 42.4 Å². The van der Waals surface area contributed by atoms with Crippen LogP contribution in [0, 0.1) is 13.8 Å². The number of rotatable bonds is 2. The van der Waals surface area contributed by atoms with Gasteiger partial charge in [-0.05, 0) is 31.5 Å². The van der Waals surface area contributed by atoms with Crippen molar-refractivity contribution in [2.75, 3.05) is 0 Å². The lowest BCUT2D eigenvalue weighted by molar-refractivity contribution is 0.444.